The third-order valence-corrected chi connectivity index (χ3v) is 5.85. The molecule has 0 amide bonds. The molecule has 2 fully saturated rings. The summed E-state index contributed by atoms with van der Waals surface area (Å²) in [6.45, 7) is 6.15. The van der Waals surface area contributed by atoms with Gasteiger partial charge in [0.2, 0.25) is 0 Å². The van der Waals surface area contributed by atoms with Gasteiger partial charge in [0, 0.05) is 31.3 Å². The van der Waals surface area contributed by atoms with Crippen LogP contribution in [-0.2, 0) is 11.2 Å². The molecule has 0 saturated carbocycles. The second kappa shape index (κ2) is 5.48. The van der Waals surface area contributed by atoms with Gasteiger partial charge in [0.1, 0.15) is 23.0 Å². The summed E-state index contributed by atoms with van der Waals surface area (Å²) in [6.07, 6.45) is 5.25. The van der Waals surface area contributed by atoms with Crippen molar-refractivity contribution in [2.24, 2.45) is 0 Å². The number of hydrogen-bond acceptors (Lipinski definition) is 4. The first-order valence-electron chi connectivity index (χ1n) is 9.08. The van der Waals surface area contributed by atoms with Crippen molar-refractivity contribution < 1.29 is 14.3 Å². The smallest absolute Gasteiger partial charge is 0.342 e. The van der Waals surface area contributed by atoms with Crippen molar-refractivity contribution in [3.63, 3.8) is 0 Å². The number of benzene rings is 1. The molecule has 4 rings (SSSR count). The minimum absolute atomic E-state index is 0.0387. The Bertz CT molecular complexity index is 668. The number of hydrogen-bond donors (Lipinski definition) is 0. The van der Waals surface area contributed by atoms with E-state index in [-0.39, 0.29) is 17.7 Å². The molecule has 2 bridgehead atoms. The topological polar surface area (TPSA) is 38.8 Å². The Hall–Kier alpha value is -1.55. The van der Waals surface area contributed by atoms with Gasteiger partial charge in [-0.1, -0.05) is 6.07 Å². The molecule has 2 saturated heterocycles. The minimum Gasteiger partial charge on any atom is -0.486 e. The monoisotopic (exact) mass is 329 g/mol. The lowest BCUT2D eigenvalue weighted by atomic mass is 9.98. The lowest BCUT2D eigenvalue weighted by Gasteiger charge is -2.35. The summed E-state index contributed by atoms with van der Waals surface area (Å²) in [5.41, 5.74) is 2.56. The molecule has 0 aliphatic carbocycles. The highest BCUT2D eigenvalue weighted by Gasteiger charge is 2.41. The normalized spacial score (nSPS) is 30.8. The van der Waals surface area contributed by atoms with Crippen LogP contribution < -0.4 is 4.74 Å². The maximum atomic E-state index is 12.8. The summed E-state index contributed by atoms with van der Waals surface area (Å²) >= 11 is 0. The number of rotatable bonds is 2. The van der Waals surface area contributed by atoms with E-state index in [0.717, 1.165) is 36.1 Å². The van der Waals surface area contributed by atoms with Crippen molar-refractivity contribution in [2.45, 2.75) is 76.7 Å². The number of carbonyl (C=O) groups excluding carboxylic acids is 1. The zero-order chi connectivity index (χ0) is 17.1. The van der Waals surface area contributed by atoms with E-state index in [1.807, 2.05) is 13.0 Å². The number of ether oxygens (including phenoxy) is 2. The highest BCUT2D eigenvalue weighted by molar-refractivity contribution is 5.93. The number of esters is 1. The second-order valence-corrected chi connectivity index (χ2v) is 8.39. The molecule has 3 heterocycles. The number of piperidine rings is 1. The van der Waals surface area contributed by atoms with Gasteiger partial charge < -0.3 is 14.4 Å². The van der Waals surface area contributed by atoms with Crippen LogP contribution in [0.2, 0.25) is 0 Å². The molecule has 0 aromatic heterocycles. The largest absolute Gasteiger partial charge is 0.486 e. The van der Waals surface area contributed by atoms with Gasteiger partial charge in [-0.15, -0.1) is 0 Å². The van der Waals surface area contributed by atoms with E-state index in [1.54, 1.807) is 0 Å². The van der Waals surface area contributed by atoms with Crippen LogP contribution in [0.15, 0.2) is 12.1 Å². The molecule has 2 atom stereocenters. The summed E-state index contributed by atoms with van der Waals surface area (Å²) in [6, 6.07) is 5.17. The zero-order valence-electron chi connectivity index (χ0n) is 15.1. The number of nitrogens with zero attached hydrogens (tertiary/aromatic N) is 1. The van der Waals surface area contributed by atoms with Crippen LogP contribution in [-0.4, -0.2) is 41.7 Å². The van der Waals surface area contributed by atoms with Crippen LogP contribution in [0, 0.1) is 6.92 Å². The number of aryl methyl sites for hydroxylation is 1. The predicted octanol–water partition coefficient (Wildman–Crippen LogP) is 3.49. The first-order chi connectivity index (χ1) is 11.3. The fourth-order valence-electron chi connectivity index (χ4n) is 4.70. The lowest BCUT2D eigenvalue weighted by molar-refractivity contribution is -0.000934. The second-order valence-electron chi connectivity index (χ2n) is 8.39. The van der Waals surface area contributed by atoms with Crippen molar-refractivity contribution in [2.75, 3.05) is 7.05 Å². The van der Waals surface area contributed by atoms with Crippen LogP contribution in [0.5, 0.6) is 5.75 Å². The molecule has 2 unspecified atom stereocenters. The standard InChI is InChI=1S/C20H27NO3/c1-12-7-13-11-20(2,3)24-18(13)17(8-12)19(22)23-16-9-14-5-6-15(10-16)21(14)4/h7-8,14-16H,5-6,9-11H2,1-4H3. The average Bonchev–Trinajstić information content (AvgIpc) is 2.88. The molecule has 1 aromatic rings. The molecular formula is C20H27NO3. The van der Waals surface area contributed by atoms with E-state index >= 15 is 0 Å². The molecule has 0 N–H and O–H groups in total. The summed E-state index contributed by atoms with van der Waals surface area (Å²) in [4.78, 5) is 15.3. The van der Waals surface area contributed by atoms with Crippen LogP contribution in [0.25, 0.3) is 0 Å². The fourth-order valence-corrected chi connectivity index (χ4v) is 4.70. The van der Waals surface area contributed by atoms with Crippen LogP contribution in [0.1, 0.15) is 61.0 Å². The van der Waals surface area contributed by atoms with E-state index in [0.29, 0.717) is 17.6 Å². The molecule has 3 aliphatic heterocycles. The molecular weight excluding hydrogens is 302 g/mol. The molecule has 0 radical (unpaired) electrons. The van der Waals surface area contributed by atoms with Crippen LogP contribution in [0.4, 0.5) is 0 Å². The third kappa shape index (κ3) is 2.71. The predicted molar refractivity (Wildman–Crippen MR) is 92.6 cm³/mol. The Morgan fingerprint density at radius 2 is 1.92 bits per heavy atom. The fraction of sp³-hybridized carbons (Fsp3) is 0.650. The first kappa shape index (κ1) is 15.9. The van der Waals surface area contributed by atoms with E-state index in [2.05, 4.69) is 31.9 Å². The van der Waals surface area contributed by atoms with E-state index in [1.165, 1.54) is 12.8 Å². The molecule has 4 heteroatoms. The molecule has 130 valence electrons. The zero-order valence-corrected chi connectivity index (χ0v) is 15.1. The Balaban J connectivity index is 1.54. The number of fused-ring (bicyclic) bond motifs is 3. The molecule has 24 heavy (non-hydrogen) atoms. The quantitative estimate of drug-likeness (QED) is 0.779. The Morgan fingerprint density at radius 1 is 1.25 bits per heavy atom. The van der Waals surface area contributed by atoms with Crippen molar-refractivity contribution in [3.05, 3.63) is 28.8 Å². The van der Waals surface area contributed by atoms with Crippen molar-refractivity contribution >= 4 is 5.97 Å². The van der Waals surface area contributed by atoms with Gasteiger partial charge in [0.15, 0.2) is 0 Å². The van der Waals surface area contributed by atoms with Gasteiger partial charge in [-0.2, -0.15) is 0 Å². The van der Waals surface area contributed by atoms with Gasteiger partial charge >= 0.3 is 5.97 Å². The van der Waals surface area contributed by atoms with Gasteiger partial charge in [0.05, 0.1) is 0 Å². The average molecular weight is 329 g/mol. The Morgan fingerprint density at radius 3 is 2.58 bits per heavy atom. The van der Waals surface area contributed by atoms with Gasteiger partial charge in [-0.25, -0.2) is 4.79 Å². The highest BCUT2D eigenvalue weighted by Crippen LogP contribution is 2.40. The molecule has 1 aromatic carbocycles. The minimum atomic E-state index is -0.252. The highest BCUT2D eigenvalue weighted by atomic mass is 16.5. The summed E-state index contributed by atoms with van der Waals surface area (Å²) in [5, 5.41) is 0. The maximum absolute atomic E-state index is 12.8. The third-order valence-electron chi connectivity index (χ3n) is 5.85. The SMILES string of the molecule is Cc1cc2c(c(C(=O)OC3CC4CCC(C3)N4C)c1)OC(C)(C)C2. The van der Waals surface area contributed by atoms with Crippen molar-refractivity contribution in [1.29, 1.82) is 0 Å². The van der Waals surface area contributed by atoms with Gasteiger partial charge in [-0.3, -0.25) is 0 Å². The molecule has 4 nitrogen and oxygen atoms in total. The molecule has 0 spiro atoms. The lowest BCUT2D eigenvalue weighted by Crippen LogP contribution is -2.43. The van der Waals surface area contributed by atoms with Gasteiger partial charge in [-0.05, 0) is 57.9 Å². The summed E-state index contributed by atoms with van der Waals surface area (Å²) in [7, 11) is 2.20. The van der Waals surface area contributed by atoms with Gasteiger partial charge in [0.25, 0.3) is 0 Å². The summed E-state index contributed by atoms with van der Waals surface area (Å²) in [5.74, 6) is 0.508. The first-order valence-corrected chi connectivity index (χ1v) is 9.08. The maximum Gasteiger partial charge on any atom is 0.342 e. The Kier molecular flexibility index (Phi) is 3.64. The number of carbonyl (C=O) groups is 1. The van der Waals surface area contributed by atoms with E-state index < -0.39 is 0 Å². The van der Waals surface area contributed by atoms with Crippen LogP contribution >= 0.6 is 0 Å². The molecule has 3 aliphatic rings. The van der Waals surface area contributed by atoms with Crippen molar-refractivity contribution in [1.82, 2.24) is 4.90 Å². The van der Waals surface area contributed by atoms with E-state index in [4.69, 9.17) is 9.47 Å². The van der Waals surface area contributed by atoms with E-state index in [9.17, 15) is 4.79 Å². The van der Waals surface area contributed by atoms with Crippen molar-refractivity contribution in [3.8, 4) is 5.75 Å². The summed E-state index contributed by atoms with van der Waals surface area (Å²) < 4.78 is 12.0. The Labute approximate surface area is 144 Å². The van der Waals surface area contributed by atoms with Crippen LogP contribution in [0.3, 0.4) is 0 Å².